The van der Waals surface area contributed by atoms with Crippen molar-refractivity contribution >= 4 is 38.9 Å². The zero-order valence-corrected chi connectivity index (χ0v) is 14.8. The molecule has 0 bridgehead atoms. The molecule has 1 aliphatic rings. The minimum Gasteiger partial charge on any atom is -0.345 e. The average molecular weight is 389 g/mol. The summed E-state index contributed by atoms with van der Waals surface area (Å²) in [6.45, 7) is 0. The summed E-state index contributed by atoms with van der Waals surface area (Å²) in [5, 5.41) is 7.74. The Kier molecular flexibility index (Phi) is 4.65. The summed E-state index contributed by atoms with van der Waals surface area (Å²) in [5.74, 6) is -1.54. The molecule has 9 heteroatoms. The number of primary sulfonamides is 1. The van der Waals surface area contributed by atoms with Crippen molar-refractivity contribution in [3.63, 3.8) is 0 Å². The highest BCUT2D eigenvalue weighted by Gasteiger charge is 2.25. The maximum Gasteiger partial charge on any atom is 0.254 e. The number of hydrogen-bond donors (Lipinski definition) is 2. The summed E-state index contributed by atoms with van der Waals surface area (Å²) < 4.78 is 37.2. The summed E-state index contributed by atoms with van der Waals surface area (Å²) in [5.41, 5.74) is 0.738. The summed E-state index contributed by atoms with van der Waals surface area (Å²) in [6.07, 6.45) is 2.56. The molecule has 0 fully saturated rings. The number of thiophene rings is 1. The van der Waals surface area contributed by atoms with Crippen LogP contribution >= 0.6 is 22.9 Å². The molecule has 1 heterocycles. The summed E-state index contributed by atoms with van der Waals surface area (Å²) >= 11 is 7.52. The van der Waals surface area contributed by atoms with Crippen LogP contribution in [0.4, 0.5) is 4.39 Å². The van der Waals surface area contributed by atoms with Crippen molar-refractivity contribution in [2.75, 3.05) is 0 Å². The molecule has 5 nitrogen and oxygen atoms in total. The van der Waals surface area contributed by atoms with Crippen LogP contribution in [0.5, 0.6) is 0 Å². The third-order valence-electron chi connectivity index (χ3n) is 3.90. The first-order valence-electron chi connectivity index (χ1n) is 7.17. The van der Waals surface area contributed by atoms with Gasteiger partial charge < -0.3 is 5.32 Å². The van der Waals surface area contributed by atoms with E-state index in [0.29, 0.717) is 4.34 Å². The van der Waals surface area contributed by atoms with Crippen LogP contribution in [-0.2, 0) is 16.4 Å². The van der Waals surface area contributed by atoms with Gasteiger partial charge in [-0.2, -0.15) is 0 Å². The number of fused-ring (bicyclic) bond motifs is 1. The second-order valence-electron chi connectivity index (χ2n) is 5.53. The monoisotopic (exact) mass is 388 g/mol. The molecule has 0 aliphatic heterocycles. The molecule has 24 heavy (non-hydrogen) atoms. The number of rotatable bonds is 3. The number of halogens is 2. The second-order valence-corrected chi connectivity index (χ2v) is 8.86. The largest absolute Gasteiger partial charge is 0.345 e. The Balaban J connectivity index is 1.84. The van der Waals surface area contributed by atoms with E-state index in [4.69, 9.17) is 16.7 Å². The number of hydrogen-bond acceptors (Lipinski definition) is 4. The van der Waals surface area contributed by atoms with Crippen molar-refractivity contribution in [2.24, 2.45) is 5.14 Å². The summed E-state index contributed by atoms with van der Waals surface area (Å²) in [7, 11) is -4.02. The minimum atomic E-state index is -4.02. The zero-order chi connectivity index (χ0) is 17.5. The van der Waals surface area contributed by atoms with E-state index in [2.05, 4.69) is 5.32 Å². The van der Waals surface area contributed by atoms with Gasteiger partial charge in [0.1, 0.15) is 5.82 Å². The van der Waals surface area contributed by atoms with Crippen molar-refractivity contribution in [2.45, 2.75) is 30.2 Å². The van der Waals surface area contributed by atoms with E-state index in [0.717, 1.165) is 47.9 Å². The van der Waals surface area contributed by atoms with Crippen LogP contribution in [-0.4, -0.2) is 14.3 Å². The molecular weight excluding hydrogens is 375 g/mol. The lowest BCUT2D eigenvalue weighted by atomic mass is 9.94. The lowest BCUT2D eigenvalue weighted by Gasteiger charge is -2.23. The molecule has 0 saturated carbocycles. The van der Waals surface area contributed by atoms with Crippen LogP contribution in [0.15, 0.2) is 29.2 Å². The molecule has 0 spiro atoms. The van der Waals surface area contributed by atoms with Crippen LogP contribution in [0.2, 0.25) is 4.34 Å². The minimum absolute atomic E-state index is 0.226. The first-order valence-corrected chi connectivity index (χ1v) is 9.91. The fraction of sp³-hybridized carbons (Fsp3) is 0.267. The standard InChI is InChI=1S/C15H14ClFN2O3S2/c16-14-7-10-12(2-1-3-13(10)23-14)19-15(20)9-5-4-8(6-11(9)17)24(18,21)22/h4-7,12H,1-3H2,(H,19,20)(H2,18,21,22)/t12-/m0/s1. The van der Waals surface area contributed by atoms with E-state index in [1.165, 1.54) is 11.3 Å². The second kappa shape index (κ2) is 6.44. The van der Waals surface area contributed by atoms with Crippen LogP contribution in [0.3, 0.4) is 0 Å². The van der Waals surface area contributed by atoms with Crippen molar-refractivity contribution in [3.05, 3.63) is 50.4 Å². The van der Waals surface area contributed by atoms with E-state index >= 15 is 0 Å². The first kappa shape index (κ1) is 17.3. The maximum absolute atomic E-state index is 14.1. The molecule has 0 unspecified atom stereocenters. The third-order valence-corrected chi connectivity index (χ3v) is 6.15. The number of carbonyl (C=O) groups is 1. The van der Waals surface area contributed by atoms with E-state index in [1.54, 1.807) is 0 Å². The van der Waals surface area contributed by atoms with E-state index in [1.807, 2.05) is 6.07 Å². The van der Waals surface area contributed by atoms with Gasteiger partial charge in [0, 0.05) is 4.88 Å². The van der Waals surface area contributed by atoms with Crippen molar-refractivity contribution < 1.29 is 17.6 Å². The number of nitrogens with one attached hydrogen (secondary N) is 1. The molecule has 1 aliphatic carbocycles. The fourth-order valence-corrected chi connectivity index (χ4v) is 4.67. The van der Waals surface area contributed by atoms with Gasteiger partial charge >= 0.3 is 0 Å². The Hall–Kier alpha value is -1.48. The lowest BCUT2D eigenvalue weighted by Crippen LogP contribution is -2.31. The Morgan fingerprint density at radius 2 is 2.12 bits per heavy atom. The van der Waals surface area contributed by atoms with Gasteiger partial charge in [0.15, 0.2) is 0 Å². The normalized spacial score (nSPS) is 17.4. The van der Waals surface area contributed by atoms with Gasteiger partial charge in [-0.25, -0.2) is 17.9 Å². The molecule has 1 aromatic carbocycles. The van der Waals surface area contributed by atoms with Gasteiger partial charge in [-0.15, -0.1) is 11.3 Å². The Morgan fingerprint density at radius 1 is 1.38 bits per heavy atom. The van der Waals surface area contributed by atoms with Crippen LogP contribution in [0, 0.1) is 5.82 Å². The summed E-state index contributed by atoms with van der Waals surface area (Å²) in [4.78, 5) is 13.1. The predicted octanol–water partition coefficient (Wildman–Crippen LogP) is 3.00. The molecule has 3 N–H and O–H groups in total. The van der Waals surface area contributed by atoms with Crippen LogP contribution < -0.4 is 10.5 Å². The highest BCUT2D eigenvalue weighted by Crippen LogP contribution is 2.37. The van der Waals surface area contributed by atoms with Gasteiger partial charge in [0.05, 0.1) is 20.8 Å². The number of carbonyl (C=O) groups excluding carboxylic acids is 1. The van der Waals surface area contributed by atoms with Gasteiger partial charge in [-0.05, 0) is 49.1 Å². The first-order chi connectivity index (χ1) is 11.3. The molecular formula is C15H14ClFN2O3S2. The molecule has 1 aromatic heterocycles. The van der Waals surface area contributed by atoms with Gasteiger partial charge in [-0.1, -0.05) is 11.6 Å². The number of nitrogens with two attached hydrogens (primary N) is 1. The Labute approximate surface area is 147 Å². The molecule has 0 saturated heterocycles. The average Bonchev–Trinajstić information content (AvgIpc) is 2.87. The topological polar surface area (TPSA) is 89.3 Å². The SMILES string of the molecule is NS(=O)(=O)c1ccc(C(=O)N[C@H]2CCCc3sc(Cl)cc32)c(F)c1. The fourth-order valence-electron chi connectivity index (χ4n) is 2.76. The predicted molar refractivity (Wildman–Crippen MR) is 90.2 cm³/mol. The maximum atomic E-state index is 14.1. The smallest absolute Gasteiger partial charge is 0.254 e. The molecule has 1 atom stereocenters. The molecule has 3 rings (SSSR count). The van der Waals surface area contributed by atoms with Gasteiger partial charge in [0.25, 0.3) is 5.91 Å². The number of amides is 1. The molecule has 1 amide bonds. The van der Waals surface area contributed by atoms with Gasteiger partial charge in [-0.3, -0.25) is 4.79 Å². The highest BCUT2D eigenvalue weighted by atomic mass is 35.5. The molecule has 0 radical (unpaired) electrons. The Bertz CT molecular complexity index is 911. The highest BCUT2D eigenvalue weighted by molar-refractivity contribution is 7.89. The zero-order valence-electron chi connectivity index (χ0n) is 12.4. The molecule has 128 valence electrons. The molecule has 2 aromatic rings. The number of benzene rings is 1. The van der Waals surface area contributed by atoms with E-state index < -0.39 is 21.7 Å². The quantitative estimate of drug-likeness (QED) is 0.846. The third kappa shape index (κ3) is 3.46. The van der Waals surface area contributed by atoms with E-state index in [-0.39, 0.29) is 16.5 Å². The van der Waals surface area contributed by atoms with Crippen LogP contribution in [0.25, 0.3) is 0 Å². The Morgan fingerprint density at radius 3 is 2.79 bits per heavy atom. The van der Waals surface area contributed by atoms with Crippen molar-refractivity contribution in [3.8, 4) is 0 Å². The van der Waals surface area contributed by atoms with Crippen LogP contribution in [0.1, 0.15) is 39.7 Å². The summed E-state index contributed by atoms with van der Waals surface area (Å²) in [6, 6.07) is 4.57. The van der Waals surface area contributed by atoms with Gasteiger partial charge in [0.2, 0.25) is 10.0 Å². The number of sulfonamides is 1. The van der Waals surface area contributed by atoms with Crippen molar-refractivity contribution in [1.29, 1.82) is 0 Å². The number of aryl methyl sites for hydroxylation is 1. The van der Waals surface area contributed by atoms with E-state index in [9.17, 15) is 17.6 Å². The lowest BCUT2D eigenvalue weighted by molar-refractivity contribution is 0.0928. The van der Waals surface area contributed by atoms with Crippen molar-refractivity contribution in [1.82, 2.24) is 5.32 Å².